The van der Waals surface area contributed by atoms with Crippen molar-refractivity contribution >= 4 is 5.82 Å². The molecule has 1 aromatic heterocycles. The van der Waals surface area contributed by atoms with Crippen LogP contribution in [0, 0.1) is 0 Å². The zero-order valence-electron chi connectivity index (χ0n) is 12.8. The van der Waals surface area contributed by atoms with Crippen molar-refractivity contribution in [2.45, 2.75) is 56.5 Å². The fourth-order valence-electron chi connectivity index (χ4n) is 3.54. The quantitative estimate of drug-likeness (QED) is 0.827. The smallest absolute Gasteiger partial charge is 0.126 e. The molecule has 0 radical (unpaired) electrons. The Labute approximate surface area is 122 Å². The Morgan fingerprint density at radius 3 is 2.45 bits per heavy atom. The summed E-state index contributed by atoms with van der Waals surface area (Å²) in [6.07, 6.45) is 10.1. The van der Waals surface area contributed by atoms with Crippen LogP contribution in [0.2, 0.25) is 0 Å². The largest absolute Gasteiger partial charge is 0.383 e. The molecule has 0 aliphatic heterocycles. The van der Waals surface area contributed by atoms with E-state index in [2.05, 4.69) is 24.0 Å². The highest BCUT2D eigenvalue weighted by atomic mass is 15.2. The van der Waals surface area contributed by atoms with Gasteiger partial charge in [0.25, 0.3) is 0 Å². The number of hydrogen-bond acceptors (Lipinski definition) is 4. The highest BCUT2D eigenvalue weighted by molar-refractivity contribution is 5.39. The Morgan fingerprint density at radius 2 is 1.90 bits per heavy atom. The third-order valence-electron chi connectivity index (χ3n) is 4.92. The summed E-state index contributed by atoms with van der Waals surface area (Å²) in [7, 11) is 4.33. The van der Waals surface area contributed by atoms with Crippen molar-refractivity contribution in [2.24, 2.45) is 5.73 Å². The number of likely N-dealkylation sites (N-methyl/N-ethyl adjacent to an activating group) is 1. The Kier molecular flexibility index (Phi) is 5.00. The highest BCUT2D eigenvalue weighted by Gasteiger charge is 2.39. The molecule has 1 aromatic rings. The Bertz CT molecular complexity index is 422. The van der Waals surface area contributed by atoms with Gasteiger partial charge >= 0.3 is 0 Å². The molecule has 0 bridgehead atoms. The molecule has 0 amide bonds. The summed E-state index contributed by atoms with van der Waals surface area (Å²) in [6, 6.07) is 4.08. The number of nitrogen functional groups attached to an aromatic ring is 1. The van der Waals surface area contributed by atoms with Crippen LogP contribution in [0.25, 0.3) is 0 Å². The number of anilines is 1. The molecule has 112 valence electrons. The van der Waals surface area contributed by atoms with E-state index in [9.17, 15) is 0 Å². The predicted octanol–water partition coefficient (Wildman–Crippen LogP) is 2.19. The first kappa shape index (κ1) is 15.3. The maximum Gasteiger partial charge on any atom is 0.126 e. The van der Waals surface area contributed by atoms with E-state index in [1.807, 2.05) is 12.1 Å². The molecule has 1 atom stereocenters. The summed E-state index contributed by atoms with van der Waals surface area (Å²) in [6.45, 7) is 0. The van der Waals surface area contributed by atoms with Crippen LogP contribution >= 0.6 is 0 Å². The summed E-state index contributed by atoms with van der Waals surface area (Å²) in [5.74, 6) is 0.616. The number of nitrogens with two attached hydrogens (primary N) is 2. The van der Waals surface area contributed by atoms with Gasteiger partial charge in [0.15, 0.2) is 0 Å². The van der Waals surface area contributed by atoms with Crippen molar-refractivity contribution in [3.8, 4) is 0 Å². The van der Waals surface area contributed by atoms with E-state index in [-0.39, 0.29) is 11.6 Å². The summed E-state index contributed by atoms with van der Waals surface area (Å²) < 4.78 is 0. The molecule has 1 saturated carbocycles. The van der Waals surface area contributed by atoms with Gasteiger partial charge in [0, 0.05) is 17.8 Å². The van der Waals surface area contributed by atoms with Gasteiger partial charge in [0.1, 0.15) is 5.82 Å². The third-order valence-corrected chi connectivity index (χ3v) is 4.92. The van der Waals surface area contributed by atoms with Crippen LogP contribution in [-0.4, -0.2) is 35.6 Å². The molecule has 0 aromatic carbocycles. The molecule has 1 aliphatic carbocycles. The van der Waals surface area contributed by atoms with E-state index in [4.69, 9.17) is 11.5 Å². The standard InChI is InChI=1S/C16H28N4/c1-20(2)16(9-5-3-4-6-10-16)14(17)12-13-8-7-11-19-15(13)18/h7-8,11,14H,3-6,9-10,12,17H2,1-2H3,(H2,18,19). The number of rotatable bonds is 4. The molecule has 4 heteroatoms. The second-order valence-corrected chi connectivity index (χ2v) is 6.27. The minimum Gasteiger partial charge on any atom is -0.383 e. The van der Waals surface area contributed by atoms with Crippen molar-refractivity contribution in [1.82, 2.24) is 9.88 Å². The molecular formula is C16H28N4. The van der Waals surface area contributed by atoms with Crippen LogP contribution in [0.15, 0.2) is 18.3 Å². The molecule has 1 aliphatic rings. The fourth-order valence-corrected chi connectivity index (χ4v) is 3.54. The molecule has 4 nitrogen and oxygen atoms in total. The lowest BCUT2D eigenvalue weighted by atomic mass is 9.79. The number of nitrogens with zero attached hydrogens (tertiary/aromatic N) is 2. The first-order valence-electron chi connectivity index (χ1n) is 7.68. The van der Waals surface area contributed by atoms with E-state index in [1.165, 1.54) is 38.5 Å². The van der Waals surface area contributed by atoms with Crippen LogP contribution < -0.4 is 11.5 Å². The highest BCUT2D eigenvalue weighted by Crippen LogP contribution is 2.34. The van der Waals surface area contributed by atoms with E-state index in [0.29, 0.717) is 5.82 Å². The molecule has 0 saturated heterocycles. The molecule has 20 heavy (non-hydrogen) atoms. The number of hydrogen-bond donors (Lipinski definition) is 2. The molecule has 1 fully saturated rings. The second kappa shape index (κ2) is 6.55. The van der Waals surface area contributed by atoms with E-state index < -0.39 is 0 Å². The molecular weight excluding hydrogens is 248 g/mol. The Morgan fingerprint density at radius 1 is 1.25 bits per heavy atom. The van der Waals surface area contributed by atoms with Gasteiger partial charge in [-0.2, -0.15) is 0 Å². The fraction of sp³-hybridized carbons (Fsp3) is 0.688. The molecule has 2 rings (SSSR count). The van der Waals surface area contributed by atoms with E-state index >= 15 is 0 Å². The van der Waals surface area contributed by atoms with Gasteiger partial charge in [-0.05, 0) is 45.0 Å². The van der Waals surface area contributed by atoms with Crippen molar-refractivity contribution in [2.75, 3.05) is 19.8 Å². The minimum atomic E-state index is 0.0960. The molecule has 0 spiro atoms. The molecule has 1 unspecified atom stereocenters. The summed E-state index contributed by atoms with van der Waals surface area (Å²) in [4.78, 5) is 6.51. The minimum absolute atomic E-state index is 0.0960. The molecule has 4 N–H and O–H groups in total. The first-order chi connectivity index (χ1) is 9.56. The van der Waals surface area contributed by atoms with Crippen molar-refractivity contribution < 1.29 is 0 Å². The normalized spacial score (nSPS) is 20.6. The van der Waals surface area contributed by atoms with Gasteiger partial charge in [0.05, 0.1) is 0 Å². The third kappa shape index (κ3) is 3.13. The Balaban J connectivity index is 2.18. The summed E-state index contributed by atoms with van der Waals surface area (Å²) in [5, 5.41) is 0. The molecule has 1 heterocycles. The van der Waals surface area contributed by atoms with Gasteiger partial charge in [-0.3, -0.25) is 0 Å². The van der Waals surface area contributed by atoms with E-state index in [0.717, 1.165) is 12.0 Å². The zero-order valence-corrected chi connectivity index (χ0v) is 12.8. The number of aromatic nitrogens is 1. The van der Waals surface area contributed by atoms with Gasteiger partial charge in [-0.1, -0.05) is 31.7 Å². The van der Waals surface area contributed by atoms with Crippen molar-refractivity contribution in [3.05, 3.63) is 23.9 Å². The van der Waals surface area contributed by atoms with Gasteiger partial charge < -0.3 is 16.4 Å². The predicted molar refractivity (Wildman–Crippen MR) is 84.4 cm³/mol. The lowest BCUT2D eigenvalue weighted by Crippen LogP contribution is -2.58. The summed E-state index contributed by atoms with van der Waals surface area (Å²) >= 11 is 0. The average Bonchev–Trinajstić information content (AvgIpc) is 2.68. The zero-order chi connectivity index (χ0) is 14.6. The maximum absolute atomic E-state index is 6.63. The number of pyridine rings is 1. The SMILES string of the molecule is CN(C)C1(C(N)Cc2cccnc2N)CCCCCC1. The first-order valence-corrected chi connectivity index (χ1v) is 7.68. The van der Waals surface area contributed by atoms with Crippen LogP contribution in [0.1, 0.15) is 44.1 Å². The van der Waals surface area contributed by atoms with Gasteiger partial charge in [-0.25, -0.2) is 4.98 Å². The van der Waals surface area contributed by atoms with E-state index in [1.54, 1.807) is 6.20 Å². The van der Waals surface area contributed by atoms with Crippen LogP contribution in [0.3, 0.4) is 0 Å². The monoisotopic (exact) mass is 276 g/mol. The average molecular weight is 276 g/mol. The maximum atomic E-state index is 6.63. The summed E-state index contributed by atoms with van der Waals surface area (Å²) in [5.41, 5.74) is 13.8. The van der Waals surface area contributed by atoms with Gasteiger partial charge in [-0.15, -0.1) is 0 Å². The lowest BCUT2D eigenvalue weighted by molar-refractivity contribution is 0.0968. The second-order valence-electron chi connectivity index (χ2n) is 6.27. The van der Waals surface area contributed by atoms with Crippen LogP contribution in [0.5, 0.6) is 0 Å². The van der Waals surface area contributed by atoms with Crippen LogP contribution in [0.4, 0.5) is 5.82 Å². The van der Waals surface area contributed by atoms with Gasteiger partial charge in [0.2, 0.25) is 0 Å². The van der Waals surface area contributed by atoms with Crippen molar-refractivity contribution in [3.63, 3.8) is 0 Å². The van der Waals surface area contributed by atoms with Crippen molar-refractivity contribution in [1.29, 1.82) is 0 Å². The van der Waals surface area contributed by atoms with Crippen LogP contribution in [-0.2, 0) is 6.42 Å². The lowest BCUT2D eigenvalue weighted by Gasteiger charge is -2.44. The Hall–Kier alpha value is -1.13. The topological polar surface area (TPSA) is 68.2 Å².